The van der Waals surface area contributed by atoms with Crippen molar-refractivity contribution >= 4 is 68.8 Å². The van der Waals surface area contributed by atoms with Gasteiger partial charge in [0, 0.05) is 42.3 Å². The number of hydrogen-bond acceptors (Lipinski definition) is 15. The summed E-state index contributed by atoms with van der Waals surface area (Å²) in [5.41, 5.74) is -3.07. The van der Waals surface area contributed by atoms with E-state index >= 15 is 0 Å². The number of hydrogen-bond donors (Lipinski definition) is 0. The third-order valence-corrected chi connectivity index (χ3v) is 7.46. The van der Waals surface area contributed by atoms with Gasteiger partial charge in [-0.05, 0) is 0 Å². The Bertz CT molecular complexity index is 2470. The second-order valence-corrected chi connectivity index (χ2v) is 10.9. The van der Waals surface area contributed by atoms with E-state index < -0.39 is 71.3 Å². The van der Waals surface area contributed by atoms with E-state index in [9.17, 15) is 58.5 Å². The van der Waals surface area contributed by atoms with Crippen LogP contribution in [-0.4, -0.2) is 91.3 Å². The summed E-state index contributed by atoms with van der Waals surface area (Å²) >= 11 is 0. The van der Waals surface area contributed by atoms with Crippen LogP contribution in [0.5, 0.6) is 0 Å². The van der Waals surface area contributed by atoms with Gasteiger partial charge in [-0.2, -0.15) is 0 Å². The van der Waals surface area contributed by atoms with E-state index in [0.717, 1.165) is 27.4 Å². The van der Waals surface area contributed by atoms with E-state index in [1.54, 1.807) is 21.1 Å². The van der Waals surface area contributed by atoms with Crippen molar-refractivity contribution in [1.82, 2.24) is 56.1 Å². The van der Waals surface area contributed by atoms with E-state index in [1.165, 1.54) is 53.8 Å². The summed E-state index contributed by atoms with van der Waals surface area (Å²) in [5, 5.41) is 31.7. The van der Waals surface area contributed by atoms with Crippen LogP contribution in [0.1, 0.15) is 0 Å². The molecule has 52 heavy (non-hydrogen) atoms. The van der Waals surface area contributed by atoms with Crippen molar-refractivity contribution in [2.45, 2.75) is 19.6 Å². The standard InChI is InChI=1S/3C9H10N4O4.Al/c3*1-11-4-10-7-6(11)8(16)12(2)9(17)13(7)3-5(14)15;/h3*4H,3H2,1-2H3,(H,14,15);/q;;;+3/p-3. The first kappa shape index (κ1) is 39.8. The fourth-order valence-corrected chi connectivity index (χ4v) is 4.95. The molecule has 0 aliphatic rings. The number of aryl methyl sites for hydroxylation is 3. The minimum absolute atomic E-state index is 0. The van der Waals surface area contributed by atoms with E-state index in [4.69, 9.17) is 0 Å². The van der Waals surface area contributed by atoms with Crippen molar-refractivity contribution in [2.75, 3.05) is 0 Å². The first-order chi connectivity index (χ1) is 23.8. The van der Waals surface area contributed by atoms with Gasteiger partial charge in [0.15, 0.2) is 33.5 Å². The van der Waals surface area contributed by atoms with Crippen molar-refractivity contribution < 1.29 is 29.7 Å². The number of aliphatic carboxylic acids is 3. The Hall–Kier alpha value is -6.61. The van der Waals surface area contributed by atoms with Gasteiger partial charge in [-0.15, -0.1) is 0 Å². The number of imidazole rings is 3. The number of fused-ring (bicyclic) bond motifs is 3. The van der Waals surface area contributed by atoms with Crippen molar-refractivity contribution in [3.05, 3.63) is 81.5 Å². The zero-order chi connectivity index (χ0) is 38.2. The van der Waals surface area contributed by atoms with Crippen molar-refractivity contribution in [3.8, 4) is 0 Å². The Morgan fingerprint density at radius 2 is 0.692 bits per heavy atom. The molecule has 0 amide bonds. The van der Waals surface area contributed by atoms with Gasteiger partial charge < -0.3 is 43.4 Å². The van der Waals surface area contributed by atoms with Crippen molar-refractivity contribution in [1.29, 1.82) is 0 Å². The van der Waals surface area contributed by atoms with Gasteiger partial charge in [0.2, 0.25) is 0 Å². The van der Waals surface area contributed by atoms with Gasteiger partial charge >= 0.3 is 34.4 Å². The summed E-state index contributed by atoms with van der Waals surface area (Å²) in [6.45, 7) is -1.92. The molecule has 0 bridgehead atoms. The second-order valence-electron chi connectivity index (χ2n) is 10.9. The van der Waals surface area contributed by atoms with Crippen LogP contribution >= 0.6 is 0 Å². The quantitative estimate of drug-likeness (QED) is 0.143. The topological polar surface area (TPSA) is 306 Å². The molecule has 0 fully saturated rings. The molecule has 6 rings (SSSR count). The maximum absolute atomic E-state index is 11.8. The summed E-state index contributed by atoms with van der Waals surface area (Å²) < 4.78 is 9.51. The Morgan fingerprint density at radius 1 is 0.481 bits per heavy atom. The molecule has 25 heteroatoms. The zero-order valence-electron chi connectivity index (χ0n) is 28.2. The monoisotopic (exact) mass is 738 g/mol. The minimum Gasteiger partial charge on any atom is -0.548 e. The van der Waals surface area contributed by atoms with Crippen LogP contribution in [-0.2, 0) is 76.3 Å². The fraction of sp³-hybridized carbons (Fsp3) is 0.333. The normalized spacial score (nSPS) is 10.7. The third-order valence-electron chi connectivity index (χ3n) is 7.46. The number of carbonyl (C=O) groups is 3. The summed E-state index contributed by atoms with van der Waals surface area (Å²) in [5.74, 6) is -4.26. The molecule has 0 radical (unpaired) electrons. The molecule has 0 aromatic carbocycles. The van der Waals surface area contributed by atoms with Crippen LogP contribution in [0.2, 0.25) is 0 Å². The van der Waals surface area contributed by atoms with Gasteiger partial charge in [-0.25, -0.2) is 29.3 Å². The van der Waals surface area contributed by atoms with Crippen LogP contribution < -0.4 is 49.1 Å². The Kier molecular flexibility index (Phi) is 11.6. The van der Waals surface area contributed by atoms with Gasteiger partial charge in [0.1, 0.15) is 0 Å². The Balaban J connectivity index is 0.000000208. The van der Waals surface area contributed by atoms with Crippen LogP contribution in [0.15, 0.2) is 47.7 Å². The summed E-state index contributed by atoms with van der Waals surface area (Å²) in [4.78, 5) is 114. The first-order valence-electron chi connectivity index (χ1n) is 14.2. The molecule has 6 aromatic heterocycles. The number of rotatable bonds is 6. The van der Waals surface area contributed by atoms with Gasteiger partial charge in [-0.1, -0.05) is 0 Å². The van der Waals surface area contributed by atoms with Gasteiger partial charge in [-0.3, -0.25) is 41.8 Å². The number of nitrogens with zero attached hydrogens (tertiary/aromatic N) is 12. The molecule has 0 saturated heterocycles. The molecule has 270 valence electrons. The number of carbonyl (C=O) groups excluding carboxylic acids is 3. The average molecular weight is 739 g/mol. The Morgan fingerprint density at radius 3 is 0.885 bits per heavy atom. The Labute approximate surface area is 297 Å². The average Bonchev–Trinajstić information content (AvgIpc) is 3.76. The maximum atomic E-state index is 11.8. The van der Waals surface area contributed by atoms with Crippen LogP contribution in [0, 0.1) is 0 Å². The molecule has 0 saturated carbocycles. The van der Waals surface area contributed by atoms with Crippen molar-refractivity contribution in [3.63, 3.8) is 0 Å². The molecule has 0 aliphatic carbocycles. The number of carboxylic acid groups (broad SMARTS) is 3. The molecule has 6 heterocycles. The first-order valence-corrected chi connectivity index (χ1v) is 14.2. The predicted molar refractivity (Wildman–Crippen MR) is 171 cm³/mol. The molecule has 0 aliphatic heterocycles. The van der Waals surface area contributed by atoms with Crippen LogP contribution in [0.3, 0.4) is 0 Å². The smallest absolute Gasteiger partial charge is 0.548 e. The fourth-order valence-electron chi connectivity index (χ4n) is 4.95. The van der Waals surface area contributed by atoms with Crippen LogP contribution in [0.4, 0.5) is 0 Å². The molecule has 6 aromatic rings. The third kappa shape index (κ3) is 7.16. The van der Waals surface area contributed by atoms with Gasteiger partial charge in [0.25, 0.3) is 16.7 Å². The summed E-state index contributed by atoms with van der Waals surface area (Å²) in [7, 11) is 8.61. The van der Waals surface area contributed by atoms with E-state index in [0.29, 0.717) is 0 Å². The molecule has 0 atom stereocenters. The molecule has 0 unspecified atom stereocenters. The van der Waals surface area contributed by atoms with E-state index in [-0.39, 0.29) is 50.9 Å². The second kappa shape index (κ2) is 15.1. The maximum Gasteiger partial charge on any atom is 3.00 e. The molecular weight excluding hydrogens is 711 g/mol. The molecular formula is C27H27AlN12O12. The van der Waals surface area contributed by atoms with E-state index in [2.05, 4.69) is 15.0 Å². The SMILES string of the molecule is Cn1c(=O)c2c(ncn2C)n(CC(=O)[O-])c1=O.Cn1c(=O)c2c(ncn2C)n(CC(=O)[O-])c1=O.Cn1c(=O)c2c(ncn2C)n(CC(=O)[O-])c1=O.[Al+3]. The molecule has 0 N–H and O–H groups in total. The zero-order valence-corrected chi connectivity index (χ0v) is 29.4. The predicted octanol–water partition coefficient (Wildman–Crippen LogP) is -8.83. The summed E-state index contributed by atoms with van der Waals surface area (Å²) in [6, 6.07) is 0. The van der Waals surface area contributed by atoms with Gasteiger partial charge in [0.05, 0.1) is 56.5 Å². The largest absolute Gasteiger partial charge is 3.00 e. The summed E-state index contributed by atoms with van der Waals surface area (Å²) in [6.07, 6.45) is 4.03. The molecule has 24 nitrogen and oxygen atoms in total. The van der Waals surface area contributed by atoms with Crippen molar-refractivity contribution in [2.24, 2.45) is 42.3 Å². The number of carboxylic acids is 3. The van der Waals surface area contributed by atoms with Crippen LogP contribution in [0.25, 0.3) is 33.5 Å². The van der Waals surface area contributed by atoms with E-state index in [1.807, 2.05) is 0 Å². The molecule has 0 spiro atoms. The number of aromatic nitrogens is 12. The minimum atomic E-state index is -1.42.